The Morgan fingerprint density at radius 3 is 3.11 bits per heavy atom. The SMILES string of the molecule is CCCCOC(=O)CSc1nnnn1CCNC. The normalized spacial score (nSPS) is 10.6. The van der Waals surface area contributed by atoms with Crippen LogP contribution in [0.5, 0.6) is 0 Å². The number of likely N-dealkylation sites (N-methyl/N-ethyl adjacent to an activating group) is 1. The van der Waals surface area contributed by atoms with Crippen LogP contribution in [-0.2, 0) is 16.1 Å². The molecule has 0 radical (unpaired) electrons. The smallest absolute Gasteiger partial charge is 0.316 e. The monoisotopic (exact) mass is 273 g/mol. The molecule has 0 aliphatic heterocycles. The van der Waals surface area contributed by atoms with Crippen LogP contribution in [0.2, 0.25) is 0 Å². The van der Waals surface area contributed by atoms with E-state index in [0.29, 0.717) is 18.3 Å². The highest BCUT2D eigenvalue weighted by atomic mass is 32.2. The summed E-state index contributed by atoms with van der Waals surface area (Å²) in [6, 6.07) is 0. The maximum absolute atomic E-state index is 11.4. The molecule has 0 spiro atoms. The summed E-state index contributed by atoms with van der Waals surface area (Å²) in [5.74, 6) is 0.0144. The average Bonchev–Trinajstić information content (AvgIpc) is 2.81. The topological polar surface area (TPSA) is 81.9 Å². The van der Waals surface area contributed by atoms with Gasteiger partial charge < -0.3 is 10.1 Å². The number of hydrogen-bond donors (Lipinski definition) is 1. The van der Waals surface area contributed by atoms with Crippen molar-refractivity contribution in [1.82, 2.24) is 25.5 Å². The Hall–Kier alpha value is -1.15. The minimum absolute atomic E-state index is 0.225. The molecule has 0 aromatic carbocycles. The minimum Gasteiger partial charge on any atom is -0.465 e. The summed E-state index contributed by atoms with van der Waals surface area (Å²) in [7, 11) is 1.86. The predicted molar refractivity (Wildman–Crippen MR) is 68.3 cm³/mol. The van der Waals surface area contributed by atoms with E-state index in [2.05, 4.69) is 27.8 Å². The number of nitrogens with one attached hydrogen (secondary N) is 1. The molecule has 0 fully saturated rings. The second-order valence-corrected chi connectivity index (χ2v) is 4.59. The van der Waals surface area contributed by atoms with Gasteiger partial charge in [0.25, 0.3) is 0 Å². The van der Waals surface area contributed by atoms with Gasteiger partial charge in [-0.3, -0.25) is 4.79 Å². The van der Waals surface area contributed by atoms with Gasteiger partial charge in [-0.25, -0.2) is 4.68 Å². The zero-order valence-corrected chi connectivity index (χ0v) is 11.6. The fraction of sp³-hybridized carbons (Fsp3) is 0.800. The Morgan fingerprint density at radius 2 is 2.39 bits per heavy atom. The molecule has 102 valence electrons. The summed E-state index contributed by atoms with van der Waals surface area (Å²) in [4.78, 5) is 11.4. The van der Waals surface area contributed by atoms with Crippen molar-refractivity contribution in [2.45, 2.75) is 31.5 Å². The van der Waals surface area contributed by atoms with Gasteiger partial charge in [-0.2, -0.15) is 0 Å². The first kappa shape index (κ1) is 14.9. The lowest BCUT2D eigenvalue weighted by Crippen LogP contribution is -2.17. The van der Waals surface area contributed by atoms with Crippen molar-refractivity contribution in [3.8, 4) is 0 Å². The van der Waals surface area contributed by atoms with Crippen molar-refractivity contribution in [2.24, 2.45) is 0 Å². The number of thioether (sulfide) groups is 1. The maximum Gasteiger partial charge on any atom is 0.316 e. The molecule has 1 aromatic rings. The van der Waals surface area contributed by atoms with Gasteiger partial charge in [0.05, 0.1) is 18.9 Å². The zero-order chi connectivity index (χ0) is 13.2. The van der Waals surface area contributed by atoms with Crippen LogP contribution in [0.1, 0.15) is 19.8 Å². The maximum atomic E-state index is 11.4. The molecule has 0 aliphatic carbocycles. The Kier molecular flexibility index (Phi) is 7.35. The van der Waals surface area contributed by atoms with Gasteiger partial charge in [0.2, 0.25) is 5.16 Å². The zero-order valence-electron chi connectivity index (χ0n) is 10.8. The van der Waals surface area contributed by atoms with Crippen LogP contribution in [0.4, 0.5) is 0 Å². The number of carbonyl (C=O) groups is 1. The van der Waals surface area contributed by atoms with Crippen molar-refractivity contribution < 1.29 is 9.53 Å². The molecular formula is C10H19N5O2S. The van der Waals surface area contributed by atoms with Crippen LogP contribution < -0.4 is 5.32 Å². The third-order valence-electron chi connectivity index (χ3n) is 2.15. The number of hydrogen-bond acceptors (Lipinski definition) is 7. The molecule has 0 amide bonds. The Bertz CT molecular complexity index is 358. The van der Waals surface area contributed by atoms with Gasteiger partial charge >= 0.3 is 5.97 Å². The molecule has 0 atom stereocenters. The van der Waals surface area contributed by atoms with Crippen LogP contribution in [0.3, 0.4) is 0 Å². The second kappa shape index (κ2) is 8.87. The molecule has 1 aromatic heterocycles. The number of esters is 1. The van der Waals surface area contributed by atoms with Crippen LogP contribution in [-0.4, -0.2) is 52.1 Å². The van der Waals surface area contributed by atoms with Gasteiger partial charge in [0.1, 0.15) is 0 Å². The summed E-state index contributed by atoms with van der Waals surface area (Å²) in [5, 5.41) is 15.0. The number of ether oxygens (including phenoxy) is 1. The van der Waals surface area contributed by atoms with E-state index in [1.54, 1.807) is 4.68 Å². The minimum atomic E-state index is -0.225. The van der Waals surface area contributed by atoms with E-state index in [9.17, 15) is 4.79 Å². The lowest BCUT2D eigenvalue weighted by Gasteiger charge is -2.04. The number of aromatic nitrogens is 4. The van der Waals surface area contributed by atoms with Crippen molar-refractivity contribution >= 4 is 17.7 Å². The summed E-state index contributed by atoms with van der Waals surface area (Å²) in [6.07, 6.45) is 1.92. The van der Waals surface area contributed by atoms with Crippen LogP contribution in [0, 0.1) is 0 Å². The van der Waals surface area contributed by atoms with Gasteiger partial charge in [0.15, 0.2) is 0 Å². The highest BCUT2D eigenvalue weighted by Gasteiger charge is 2.10. The van der Waals surface area contributed by atoms with Crippen molar-refractivity contribution in [2.75, 3.05) is 26.0 Å². The predicted octanol–water partition coefficient (Wildman–Crippen LogP) is 0.328. The van der Waals surface area contributed by atoms with Crippen LogP contribution in [0.25, 0.3) is 0 Å². The second-order valence-electron chi connectivity index (χ2n) is 3.65. The molecule has 0 saturated carbocycles. The highest BCUT2D eigenvalue weighted by Crippen LogP contribution is 2.13. The first-order valence-corrected chi connectivity index (χ1v) is 6.95. The first-order chi connectivity index (χ1) is 8.77. The third-order valence-corrected chi connectivity index (χ3v) is 3.08. The largest absolute Gasteiger partial charge is 0.465 e. The van der Waals surface area contributed by atoms with Gasteiger partial charge in [-0.1, -0.05) is 25.1 Å². The molecule has 0 aliphatic rings. The van der Waals surface area contributed by atoms with Gasteiger partial charge in [-0.05, 0) is 23.9 Å². The van der Waals surface area contributed by atoms with E-state index >= 15 is 0 Å². The van der Waals surface area contributed by atoms with Crippen molar-refractivity contribution in [1.29, 1.82) is 0 Å². The average molecular weight is 273 g/mol. The lowest BCUT2D eigenvalue weighted by atomic mass is 10.4. The Balaban J connectivity index is 2.29. The summed E-state index contributed by atoms with van der Waals surface area (Å²) in [5.41, 5.74) is 0. The fourth-order valence-electron chi connectivity index (χ4n) is 1.15. The molecule has 18 heavy (non-hydrogen) atoms. The number of nitrogens with zero attached hydrogens (tertiary/aromatic N) is 4. The van der Waals surface area contributed by atoms with Crippen LogP contribution in [0.15, 0.2) is 5.16 Å². The van der Waals surface area contributed by atoms with E-state index in [0.717, 1.165) is 19.4 Å². The summed E-state index contributed by atoms with van der Waals surface area (Å²) in [6.45, 7) is 4.00. The molecule has 0 saturated heterocycles. The third kappa shape index (κ3) is 5.46. The van der Waals surface area contributed by atoms with E-state index in [1.165, 1.54) is 11.8 Å². The molecule has 1 heterocycles. The van der Waals surface area contributed by atoms with Gasteiger partial charge in [0, 0.05) is 6.54 Å². The molecular weight excluding hydrogens is 254 g/mol. The number of rotatable bonds is 9. The molecule has 0 unspecified atom stereocenters. The molecule has 8 heteroatoms. The fourth-order valence-corrected chi connectivity index (χ4v) is 1.85. The molecule has 1 rings (SSSR count). The molecule has 7 nitrogen and oxygen atoms in total. The van der Waals surface area contributed by atoms with E-state index < -0.39 is 0 Å². The highest BCUT2D eigenvalue weighted by molar-refractivity contribution is 7.99. The number of tetrazole rings is 1. The van der Waals surface area contributed by atoms with Crippen molar-refractivity contribution in [3.05, 3.63) is 0 Å². The number of carbonyl (C=O) groups excluding carboxylic acids is 1. The first-order valence-electron chi connectivity index (χ1n) is 5.97. The van der Waals surface area contributed by atoms with E-state index in [-0.39, 0.29) is 11.7 Å². The van der Waals surface area contributed by atoms with Crippen LogP contribution >= 0.6 is 11.8 Å². The summed E-state index contributed by atoms with van der Waals surface area (Å²) < 4.78 is 6.72. The Labute approximate surface area is 111 Å². The number of unbranched alkanes of at least 4 members (excludes halogenated alkanes) is 1. The molecule has 1 N–H and O–H groups in total. The standard InChI is InChI=1S/C10H19N5O2S/c1-3-4-7-17-9(16)8-18-10-12-13-14-15(10)6-5-11-2/h11H,3-8H2,1-2H3. The van der Waals surface area contributed by atoms with Gasteiger partial charge in [-0.15, -0.1) is 5.10 Å². The quantitative estimate of drug-likeness (QED) is 0.394. The summed E-state index contributed by atoms with van der Waals surface area (Å²) >= 11 is 1.29. The molecule has 0 bridgehead atoms. The van der Waals surface area contributed by atoms with E-state index in [4.69, 9.17) is 4.74 Å². The lowest BCUT2D eigenvalue weighted by molar-refractivity contribution is -0.140. The Morgan fingerprint density at radius 1 is 1.56 bits per heavy atom. The van der Waals surface area contributed by atoms with E-state index in [1.807, 2.05) is 7.05 Å². The van der Waals surface area contributed by atoms with Crippen molar-refractivity contribution in [3.63, 3.8) is 0 Å².